The third kappa shape index (κ3) is 3.03. The molecule has 3 amide bonds. The number of carboxylic acid groups (broad SMARTS) is 1. The zero-order valence-electron chi connectivity index (χ0n) is 17.4. The van der Waals surface area contributed by atoms with E-state index in [0.717, 1.165) is 10.2 Å². The van der Waals surface area contributed by atoms with Crippen LogP contribution in [0, 0.1) is 5.92 Å². The Labute approximate surface area is 183 Å². The predicted octanol–water partition coefficient (Wildman–Crippen LogP) is 2.40. The highest BCUT2D eigenvalue weighted by Crippen LogP contribution is 2.42. The van der Waals surface area contributed by atoms with Gasteiger partial charge in [0.05, 0.1) is 35.3 Å². The first-order chi connectivity index (χ1) is 14.9. The molecule has 3 fully saturated rings. The second-order valence-electron chi connectivity index (χ2n) is 8.34. The topological polar surface area (TPSA) is 103 Å². The van der Waals surface area contributed by atoms with E-state index in [-0.39, 0.29) is 29.8 Å². The molecule has 4 atom stereocenters. The number of thiazole rings is 1. The second-order valence-corrected chi connectivity index (χ2v) is 9.35. The lowest BCUT2D eigenvalue weighted by Gasteiger charge is -2.31. The number of nitrogens with zero attached hydrogens (tertiary/aromatic N) is 4. The summed E-state index contributed by atoms with van der Waals surface area (Å²) in [6.45, 7) is 2.75. The monoisotopic (exact) mass is 444 g/mol. The van der Waals surface area contributed by atoms with E-state index in [9.17, 15) is 19.5 Å². The molecule has 4 heterocycles. The summed E-state index contributed by atoms with van der Waals surface area (Å²) in [6.07, 6.45) is 0.810. The van der Waals surface area contributed by atoms with Crippen LogP contribution in [0.25, 0.3) is 10.2 Å². The van der Waals surface area contributed by atoms with E-state index in [1.165, 1.54) is 16.2 Å². The summed E-state index contributed by atoms with van der Waals surface area (Å²) < 4.78 is 6.24. The molecule has 1 N–H and O–H groups in total. The van der Waals surface area contributed by atoms with E-state index >= 15 is 0 Å². The van der Waals surface area contributed by atoms with Crippen LogP contribution in [0.4, 0.5) is 9.93 Å². The zero-order chi connectivity index (χ0) is 21.9. The van der Waals surface area contributed by atoms with Gasteiger partial charge in [-0.1, -0.05) is 18.3 Å². The number of carbonyl (C=O) groups is 3. The summed E-state index contributed by atoms with van der Waals surface area (Å²) in [5.74, 6) is 0.126. The number of fused-ring (bicyclic) bond motifs is 2. The van der Waals surface area contributed by atoms with E-state index in [2.05, 4.69) is 4.98 Å². The molecule has 3 aliphatic rings. The molecule has 0 radical (unpaired) electrons. The number of hydrogen-bond acceptors (Lipinski definition) is 6. The maximum absolute atomic E-state index is 13.3. The molecule has 1 aromatic carbocycles. The van der Waals surface area contributed by atoms with E-state index in [4.69, 9.17) is 4.74 Å². The van der Waals surface area contributed by atoms with Crippen LogP contribution < -0.4 is 9.64 Å². The van der Waals surface area contributed by atoms with Crippen molar-refractivity contribution >= 4 is 44.6 Å². The molecule has 0 unspecified atom stereocenters. The van der Waals surface area contributed by atoms with Crippen LogP contribution in [-0.2, 0) is 9.59 Å². The Morgan fingerprint density at radius 3 is 2.77 bits per heavy atom. The Balaban J connectivity index is 1.43. The molecule has 0 aliphatic carbocycles. The van der Waals surface area contributed by atoms with Gasteiger partial charge in [0, 0.05) is 19.2 Å². The number of hydrogen-bond donors (Lipinski definition) is 1. The third-order valence-corrected chi connectivity index (χ3v) is 7.78. The number of carbonyl (C=O) groups excluding carboxylic acids is 2. The normalized spacial score (nSPS) is 27.9. The molecule has 31 heavy (non-hydrogen) atoms. The quantitative estimate of drug-likeness (QED) is 0.780. The van der Waals surface area contributed by atoms with Gasteiger partial charge in [-0.2, -0.15) is 0 Å². The van der Waals surface area contributed by atoms with Crippen LogP contribution in [0.1, 0.15) is 26.2 Å². The largest absolute Gasteiger partial charge is 0.497 e. The molecule has 3 aliphatic heterocycles. The number of benzene rings is 1. The standard InChI is InChI=1S/C21H24N4O5S/c1-11-17-14(7-9-24(17)19(27)15-4-3-8-23(15)21(28)29)25(18(11)26)20-22-13-10-12(30-2)5-6-16(13)31-20/h5-6,10-11,14-15,17H,3-4,7-9H2,1-2H3,(H,28,29)/t11-,14-,15-,17+/m0/s1. The van der Waals surface area contributed by atoms with Gasteiger partial charge in [-0.05, 0) is 31.4 Å². The van der Waals surface area contributed by atoms with E-state index in [0.29, 0.717) is 43.2 Å². The molecular weight excluding hydrogens is 420 g/mol. The summed E-state index contributed by atoms with van der Waals surface area (Å²) >= 11 is 1.46. The van der Waals surface area contributed by atoms with Gasteiger partial charge in [-0.25, -0.2) is 9.78 Å². The molecule has 164 valence electrons. The van der Waals surface area contributed by atoms with Crippen molar-refractivity contribution in [2.75, 3.05) is 25.1 Å². The highest BCUT2D eigenvalue weighted by atomic mass is 32.1. The van der Waals surface area contributed by atoms with Gasteiger partial charge in [0.2, 0.25) is 11.8 Å². The van der Waals surface area contributed by atoms with Crippen LogP contribution in [0.15, 0.2) is 18.2 Å². The average molecular weight is 445 g/mol. The van der Waals surface area contributed by atoms with Crippen LogP contribution >= 0.6 is 11.3 Å². The van der Waals surface area contributed by atoms with Gasteiger partial charge in [-0.15, -0.1) is 0 Å². The van der Waals surface area contributed by atoms with Crippen molar-refractivity contribution in [1.29, 1.82) is 0 Å². The average Bonchev–Trinajstić information content (AvgIpc) is 3.52. The Morgan fingerprint density at radius 2 is 2.03 bits per heavy atom. The van der Waals surface area contributed by atoms with E-state index in [1.54, 1.807) is 16.9 Å². The lowest BCUT2D eigenvalue weighted by molar-refractivity contribution is -0.137. The maximum atomic E-state index is 13.3. The van der Waals surface area contributed by atoms with Crippen LogP contribution in [0.3, 0.4) is 0 Å². The van der Waals surface area contributed by atoms with Gasteiger partial charge in [0.25, 0.3) is 0 Å². The number of ether oxygens (including phenoxy) is 1. The predicted molar refractivity (Wildman–Crippen MR) is 114 cm³/mol. The number of methoxy groups -OCH3 is 1. The molecule has 3 saturated heterocycles. The molecule has 1 aromatic heterocycles. The Morgan fingerprint density at radius 1 is 1.23 bits per heavy atom. The minimum absolute atomic E-state index is 0.0416. The summed E-state index contributed by atoms with van der Waals surface area (Å²) in [5, 5.41) is 10.1. The highest BCUT2D eigenvalue weighted by Gasteiger charge is 2.55. The smallest absolute Gasteiger partial charge is 0.407 e. The number of anilines is 1. The first kappa shape index (κ1) is 20.0. The molecule has 0 saturated carbocycles. The van der Waals surface area contributed by atoms with Crippen molar-refractivity contribution < 1.29 is 24.2 Å². The van der Waals surface area contributed by atoms with Crippen molar-refractivity contribution in [3.63, 3.8) is 0 Å². The van der Waals surface area contributed by atoms with Crippen molar-refractivity contribution in [3.05, 3.63) is 18.2 Å². The number of amides is 3. The van der Waals surface area contributed by atoms with Crippen LogP contribution in [-0.4, -0.2) is 76.1 Å². The SMILES string of the molecule is COc1ccc2sc(N3C(=O)[C@@H](C)[C@@H]4[C@@H]3CCN4C(=O)[C@@H]3CCCN3C(=O)O)nc2c1. The molecule has 10 heteroatoms. The lowest BCUT2D eigenvalue weighted by Crippen LogP contribution is -2.51. The Hall–Kier alpha value is -2.88. The molecule has 2 aromatic rings. The number of likely N-dealkylation sites (tertiary alicyclic amines) is 2. The summed E-state index contributed by atoms with van der Waals surface area (Å²) in [4.78, 5) is 47.4. The molecule has 9 nitrogen and oxygen atoms in total. The van der Waals surface area contributed by atoms with E-state index in [1.807, 2.05) is 25.1 Å². The Kier molecular flexibility index (Phi) is 4.76. The summed E-state index contributed by atoms with van der Waals surface area (Å²) in [7, 11) is 1.60. The van der Waals surface area contributed by atoms with Gasteiger partial charge >= 0.3 is 6.09 Å². The molecule has 0 spiro atoms. The van der Waals surface area contributed by atoms with Gasteiger partial charge in [0.15, 0.2) is 5.13 Å². The third-order valence-electron chi connectivity index (χ3n) is 6.75. The van der Waals surface area contributed by atoms with Gasteiger partial charge in [-0.3, -0.25) is 19.4 Å². The number of aromatic nitrogens is 1. The summed E-state index contributed by atoms with van der Waals surface area (Å²) in [6, 6.07) is 4.59. The fraction of sp³-hybridized carbons (Fsp3) is 0.524. The number of rotatable bonds is 3. The molecule has 0 bridgehead atoms. The van der Waals surface area contributed by atoms with Crippen LogP contribution in [0.2, 0.25) is 0 Å². The lowest BCUT2D eigenvalue weighted by atomic mass is 10.0. The van der Waals surface area contributed by atoms with E-state index < -0.39 is 12.1 Å². The van der Waals surface area contributed by atoms with Gasteiger partial charge < -0.3 is 14.7 Å². The van der Waals surface area contributed by atoms with Crippen molar-refractivity contribution in [2.45, 2.75) is 44.3 Å². The first-order valence-electron chi connectivity index (χ1n) is 10.5. The fourth-order valence-electron chi connectivity index (χ4n) is 5.27. The van der Waals surface area contributed by atoms with Crippen molar-refractivity contribution in [3.8, 4) is 5.75 Å². The second kappa shape index (κ2) is 7.37. The van der Waals surface area contributed by atoms with Crippen molar-refractivity contribution in [2.24, 2.45) is 5.92 Å². The Bertz CT molecular complexity index is 1070. The van der Waals surface area contributed by atoms with Crippen LogP contribution in [0.5, 0.6) is 5.75 Å². The highest BCUT2D eigenvalue weighted by molar-refractivity contribution is 7.22. The maximum Gasteiger partial charge on any atom is 0.407 e. The minimum atomic E-state index is -1.06. The molecule has 5 rings (SSSR count). The zero-order valence-corrected chi connectivity index (χ0v) is 18.2. The van der Waals surface area contributed by atoms with Crippen molar-refractivity contribution in [1.82, 2.24) is 14.8 Å². The van der Waals surface area contributed by atoms with Gasteiger partial charge in [0.1, 0.15) is 11.8 Å². The summed E-state index contributed by atoms with van der Waals surface area (Å²) in [5.41, 5.74) is 0.775. The first-order valence-corrected chi connectivity index (χ1v) is 11.3. The minimum Gasteiger partial charge on any atom is -0.497 e. The molecular formula is C21H24N4O5S. The fourth-order valence-corrected chi connectivity index (χ4v) is 6.28.